The summed E-state index contributed by atoms with van der Waals surface area (Å²) in [6.45, 7) is 4.01. The van der Waals surface area contributed by atoms with Crippen molar-refractivity contribution in [3.05, 3.63) is 65.4 Å². The summed E-state index contributed by atoms with van der Waals surface area (Å²) in [5.41, 5.74) is 3.92. The fourth-order valence-corrected chi connectivity index (χ4v) is 4.07. The van der Waals surface area contributed by atoms with Gasteiger partial charge in [-0.1, -0.05) is 42.5 Å². The molecule has 4 rings (SSSR count). The number of ether oxygens (including phenoxy) is 1. The van der Waals surface area contributed by atoms with Crippen molar-refractivity contribution in [1.29, 1.82) is 0 Å². The Labute approximate surface area is 173 Å². The fourth-order valence-electron chi connectivity index (χ4n) is 3.11. The molecule has 2 aromatic carbocycles. The Morgan fingerprint density at radius 1 is 1.14 bits per heavy atom. The Morgan fingerprint density at radius 2 is 1.90 bits per heavy atom. The molecule has 1 amide bonds. The van der Waals surface area contributed by atoms with Gasteiger partial charge in [-0.3, -0.25) is 4.79 Å². The monoisotopic (exact) mass is 406 g/mol. The highest BCUT2D eigenvalue weighted by Crippen LogP contribution is 2.30. The smallest absolute Gasteiger partial charge is 0.229 e. The number of nitrogens with zero attached hydrogens (tertiary/aromatic N) is 3. The summed E-state index contributed by atoms with van der Waals surface area (Å²) in [6.07, 6.45) is 1.30. The molecule has 7 heteroatoms. The van der Waals surface area contributed by atoms with Crippen molar-refractivity contribution < 1.29 is 9.53 Å². The molecule has 2 aromatic heterocycles. The number of hydrogen-bond donors (Lipinski definition) is 1. The minimum absolute atomic E-state index is 0.0850. The quantitative estimate of drug-likeness (QED) is 0.510. The molecular formula is C22H22N4O2S. The van der Waals surface area contributed by atoms with Gasteiger partial charge in [0.05, 0.1) is 29.4 Å². The van der Waals surface area contributed by atoms with E-state index in [2.05, 4.69) is 34.5 Å². The maximum absolute atomic E-state index is 12.6. The Balaban J connectivity index is 1.57. The molecule has 2 heterocycles. The average Bonchev–Trinajstić information content (AvgIpc) is 3.30. The summed E-state index contributed by atoms with van der Waals surface area (Å²) in [5.74, 6) is 1.31. The van der Waals surface area contributed by atoms with Crippen LogP contribution in [0.1, 0.15) is 23.7 Å². The Kier molecular flexibility index (Phi) is 5.31. The summed E-state index contributed by atoms with van der Waals surface area (Å²) in [7, 11) is 1.64. The number of anilines is 1. The van der Waals surface area contributed by atoms with E-state index < -0.39 is 0 Å². The first kappa shape index (κ1) is 19.1. The number of fused-ring (bicyclic) bond motifs is 1. The summed E-state index contributed by atoms with van der Waals surface area (Å²) in [6, 6.07) is 15.7. The molecule has 0 fully saturated rings. The predicted octanol–water partition coefficient (Wildman–Crippen LogP) is 4.54. The van der Waals surface area contributed by atoms with Crippen molar-refractivity contribution >= 4 is 33.3 Å². The molecule has 0 saturated heterocycles. The standard InChI is InChI=1S/C22H22N4O2S/c1-4-15-5-7-16(8-6-15)12-21(27)24-20-11-14(2)25-26(20)22-23-18-10-9-17(28-3)13-19(18)29-22/h5-11,13H,4,12H2,1-3H3,(H,24,27). The van der Waals surface area contributed by atoms with Gasteiger partial charge in [0, 0.05) is 6.07 Å². The molecule has 4 aromatic rings. The van der Waals surface area contributed by atoms with E-state index in [0.717, 1.165) is 33.6 Å². The molecular weight excluding hydrogens is 384 g/mol. The molecule has 0 saturated carbocycles. The minimum atomic E-state index is -0.0850. The van der Waals surface area contributed by atoms with Crippen LogP contribution in [0.25, 0.3) is 15.3 Å². The first-order valence-corrected chi connectivity index (χ1v) is 10.3. The number of amides is 1. The van der Waals surface area contributed by atoms with Crippen LogP contribution in [-0.2, 0) is 17.6 Å². The largest absolute Gasteiger partial charge is 0.497 e. The van der Waals surface area contributed by atoms with E-state index in [-0.39, 0.29) is 5.91 Å². The summed E-state index contributed by atoms with van der Waals surface area (Å²) >= 11 is 1.50. The number of carbonyl (C=O) groups is 1. The number of carbonyl (C=O) groups excluding carboxylic acids is 1. The molecule has 0 bridgehead atoms. The first-order chi connectivity index (χ1) is 14.1. The number of benzene rings is 2. The van der Waals surface area contributed by atoms with Crippen LogP contribution in [0.2, 0.25) is 0 Å². The number of aryl methyl sites for hydroxylation is 2. The van der Waals surface area contributed by atoms with Gasteiger partial charge in [0.15, 0.2) is 0 Å². The van der Waals surface area contributed by atoms with Gasteiger partial charge in [0.2, 0.25) is 11.0 Å². The predicted molar refractivity (Wildman–Crippen MR) is 116 cm³/mol. The molecule has 148 valence electrons. The number of rotatable bonds is 6. The van der Waals surface area contributed by atoms with Crippen LogP contribution in [0.4, 0.5) is 5.82 Å². The molecule has 0 spiro atoms. The third-order valence-corrected chi connectivity index (χ3v) is 5.65. The Bertz CT molecular complexity index is 1160. The zero-order chi connectivity index (χ0) is 20.4. The Morgan fingerprint density at radius 3 is 2.62 bits per heavy atom. The highest BCUT2D eigenvalue weighted by atomic mass is 32.1. The van der Waals surface area contributed by atoms with E-state index in [9.17, 15) is 4.79 Å². The molecule has 29 heavy (non-hydrogen) atoms. The maximum Gasteiger partial charge on any atom is 0.229 e. The molecule has 0 aliphatic rings. The third-order valence-electron chi connectivity index (χ3n) is 4.66. The van der Waals surface area contributed by atoms with Crippen LogP contribution in [0.15, 0.2) is 48.5 Å². The zero-order valence-corrected chi connectivity index (χ0v) is 17.4. The van der Waals surface area contributed by atoms with E-state index in [1.165, 1.54) is 16.9 Å². The average molecular weight is 407 g/mol. The number of aromatic nitrogens is 3. The lowest BCUT2D eigenvalue weighted by atomic mass is 10.1. The van der Waals surface area contributed by atoms with Crippen LogP contribution in [0.5, 0.6) is 5.75 Å². The van der Waals surface area contributed by atoms with E-state index in [4.69, 9.17) is 4.74 Å². The van der Waals surface area contributed by atoms with Gasteiger partial charge in [0.1, 0.15) is 11.6 Å². The van der Waals surface area contributed by atoms with Gasteiger partial charge >= 0.3 is 0 Å². The molecule has 0 atom stereocenters. The van der Waals surface area contributed by atoms with Gasteiger partial charge in [-0.2, -0.15) is 9.78 Å². The van der Waals surface area contributed by atoms with Gasteiger partial charge in [0.25, 0.3) is 0 Å². The van der Waals surface area contributed by atoms with Crippen LogP contribution in [-0.4, -0.2) is 27.8 Å². The van der Waals surface area contributed by atoms with E-state index in [1.807, 2.05) is 43.3 Å². The number of thiazole rings is 1. The second kappa shape index (κ2) is 8.05. The van der Waals surface area contributed by atoms with Crippen LogP contribution >= 0.6 is 11.3 Å². The highest BCUT2D eigenvalue weighted by molar-refractivity contribution is 7.20. The SMILES string of the molecule is CCc1ccc(CC(=O)Nc2cc(C)nn2-c2nc3ccc(OC)cc3s2)cc1. The summed E-state index contributed by atoms with van der Waals surface area (Å²) in [4.78, 5) is 17.3. The zero-order valence-electron chi connectivity index (χ0n) is 16.6. The van der Waals surface area contributed by atoms with Crippen molar-refractivity contribution in [3.8, 4) is 10.9 Å². The third kappa shape index (κ3) is 4.14. The summed E-state index contributed by atoms with van der Waals surface area (Å²) < 4.78 is 7.97. The molecule has 0 aliphatic carbocycles. The maximum atomic E-state index is 12.6. The van der Waals surface area contributed by atoms with Gasteiger partial charge in [-0.05, 0) is 42.7 Å². The number of hydrogen-bond acceptors (Lipinski definition) is 5. The Hall–Kier alpha value is -3.19. The van der Waals surface area contributed by atoms with Crippen molar-refractivity contribution in [1.82, 2.24) is 14.8 Å². The normalized spacial score (nSPS) is 11.0. The fraction of sp³-hybridized carbons (Fsp3) is 0.227. The van der Waals surface area contributed by atoms with E-state index in [1.54, 1.807) is 11.8 Å². The molecule has 0 radical (unpaired) electrons. The minimum Gasteiger partial charge on any atom is -0.497 e. The lowest BCUT2D eigenvalue weighted by Crippen LogP contribution is -2.17. The number of nitrogens with one attached hydrogen (secondary N) is 1. The number of methoxy groups -OCH3 is 1. The highest BCUT2D eigenvalue weighted by Gasteiger charge is 2.15. The van der Waals surface area contributed by atoms with Gasteiger partial charge in [-0.15, -0.1) is 0 Å². The van der Waals surface area contributed by atoms with Crippen molar-refractivity contribution in [2.75, 3.05) is 12.4 Å². The lowest BCUT2D eigenvalue weighted by Gasteiger charge is -2.07. The van der Waals surface area contributed by atoms with Crippen LogP contribution < -0.4 is 10.1 Å². The molecule has 1 N–H and O–H groups in total. The van der Waals surface area contributed by atoms with Gasteiger partial charge in [-0.25, -0.2) is 4.98 Å². The molecule has 0 unspecified atom stereocenters. The van der Waals surface area contributed by atoms with Crippen LogP contribution in [0, 0.1) is 6.92 Å². The van der Waals surface area contributed by atoms with Gasteiger partial charge < -0.3 is 10.1 Å². The van der Waals surface area contributed by atoms with Crippen molar-refractivity contribution in [2.24, 2.45) is 0 Å². The molecule has 6 nitrogen and oxygen atoms in total. The van der Waals surface area contributed by atoms with Crippen LogP contribution in [0.3, 0.4) is 0 Å². The topological polar surface area (TPSA) is 69.0 Å². The van der Waals surface area contributed by atoms with Crippen molar-refractivity contribution in [3.63, 3.8) is 0 Å². The second-order valence-electron chi connectivity index (χ2n) is 6.81. The first-order valence-electron chi connectivity index (χ1n) is 9.45. The summed E-state index contributed by atoms with van der Waals surface area (Å²) in [5, 5.41) is 8.20. The van der Waals surface area contributed by atoms with E-state index in [0.29, 0.717) is 17.4 Å². The lowest BCUT2D eigenvalue weighted by molar-refractivity contribution is -0.115. The molecule has 0 aliphatic heterocycles. The van der Waals surface area contributed by atoms with Crippen molar-refractivity contribution in [2.45, 2.75) is 26.7 Å². The second-order valence-corrected chi connectivity index (χ2v) is 7.82. The van der Waals surface area contributed by atoms with E-state index >= 15 is 0 Å².